The topological polar surface area (TPSA) is 15.7 Å². The van der Waals surface area contributed by atoms with Crippen molar-refractivity contribution in [3.8, 4) is 5.75 Å². The van der Waals surface area contributed by atoms with E-state index in [1.165, 1.54) is 35.0 Å². The summed E-state index contributed by atoms with van der Waals surface area (Å²) in [5.41, 5.74) is 6.03. The predicted octanol–water partition coefficient (Wildman–Crippen LogP) is 7.98. The van der Waals surface area contributed by atoms with Gasteiger partial charge in [-0.1, -0.05) is 73.7 Å². The highest BCUT2D eigenvalue weighted by molar-refractivity contribution is 8.32. The van der Waals surface area contributed by atoms with Crippen molar-refractivity contribution >= 4 is 21.4 Å². The zero-order chi connectivity index (χ0) is 28.7. The van der Waals surface area contributed by atoms with Gasteiger partial charge in [0.2, 0.25) is 0 Å². The molecule has 2 saturated carbocycles. The van der Waals surface area contributed by atoms with Gasteiger partial charge in [-0.3, -0.25) is 0 Å². The normalized spacial score (nSPS) is 36.9. The summed E-state index contributed by atoms with van der Waals surface area (Å²) >= 11 is 0. The van der Waals surface area contributed by atoms with Crippen LogP contribution >= 0.6 is 10.0 Å². The number of rotatable bonds is 6. The van der Waals surface area contributed by atoms with E-state index in [-0.39, 0.29) is 0 Å². The number of fused-ring (bicyclic) bond motifs is 10. The molecule has 2 fully saturated rings. The lowest BCUT2D eigenvalue weighted by molar-refractivity contribution is 0.384. The van der Waals surface area contributed by atoms with Gasteiger partial charge in [0.1, 0.15) is 5.75 Å². The summed E-state index contributed by atoms with van der Waals surface area (Å²) in [5.74, 6) is 8.53. The number of anilines is 2. The number of allylic oxidation sites excluding steroid dienone is 6. The number of hydrogen-bond acceptors (Lipinski definition) is 3. The third-order valence-electron chi connectivity index (χ3n) is 12.0. The van der Waals surface area contributed by atoms with Crippen molar-refractivity contribution < 1.29 is 4.74 Å². The number of methoxy groups -OCH3 is 1. The minimum Gasteiger partial charge on any atom is -0.497 e. The fourth-order valence-corrected chi connectivity index (χ4v) is 12.4. The second kappa shape index (κ2) is 9.84. The molecule has 4 heteroatoms. The predicted molar refractivity (Wildman–Crippen MR) is 180 cm³/mol. The Morgan fingerprint density at radius 3 is 2.21 bits per heavy atom. The van der Waals surface area contributed by atoms with Gasteiger partial charge in [0.05, 0.1) is 7.11 Å². The largest absolute Gasteiger partial charge is 0.497 e. The molecule has 42 heavy (non-hydrogen) atoms. The molecule has 2 aliphatic heterocycles. The van der Waals surface area contributed by atoms with E-state index < -0.39 is 10.0 Å². The Labute approximate surface area is 254 Å². The molecule has 0 saturated heterocycles. The highest BCUT2D eigenvalue weighted by atomic mass is 32.3. The molecule has 0 aromatic heterocycles. The van der Waals surface area contributed by atoms with Crippen molar-refractivity contribution in [1.82, 2.24) is 0 Å². The summed E-state index contributed by atoms with van der Waals surface area (Å²) < 4.78 is 5.72. The van der Waals surface area contributed by atoms with Crippen LogP contribution in [-0.4, -0.2) is 50.4 Å². The summed E-state index contributed by atoms with van der Waals surface area (Å²) in [5, 5.41) is 0. The fourth-order valence-electron chi connectivity index (χ4n) is 10.2. The molecule has 8 rings (SSSR count). The molecule has 3 nitrogen and oxygen atoms in total. The number of benzene rings is 2. The van der Waals surface area contributed by atoms with Gasteiger partial charge < -0.3 is 14.5 Å². The number of nitrogens with zero attached hydrogens (tertiary/aromatic N) is 2. The van der Waals surface area contributed by atoms with Gasteiger partial charge in [0.15, 0.2) is 0 Å². The van der Waals surface area contributed by atoms with E-state index in [0.29, 0.717) is 59.4 Å². The molecule has 0 amide bonds. The van der Waals surface area contributed by atoms with Crippen molar-refractivity contribution in [3.05, 3.63) is 102 Å². The van der Waals surface area contributed by atoms with Gasteiger partial charge in [0, 0.05) is 60.1 Å². The molecule has 2 aromatic carbocycles. The third kappa shape index (κ3) is 3.86. The van der Waals surface area contributed by atoms with Crippen LogP contribution in [0.5, 0.6) is 5.75 Å². The van der Waals surface area contributed by atoms with Crippen LogP contribution in [-0.2, 0) is 0 Å². The monoisotopic (exact) mass is 578 g/mol. The molecule has 0 radical (unpaired) electrons. The fraction of sp³-hybridized carbons (Fsp3) is 0.474. The Hall–Kier alpha value is -2.85. The van der Waals surface area contributed by atoms with Gasteiger partial charge in [-0.25, -0.2) is 10.0 Å². The number of para-hydroxylation sites is 1. The maximum atomic E-state index is 5.72. The van der Waals surface area contributed by atoms with E-state index in [1.54, 1.807) is 12.7 Å². The Balaban J connectivity index is 1.08. The quantitative estimate of drug-likeness (QED) is 0.346. The lowest BCUT2D eigenvalue weighted by atomic mass is 9.81. The van der Waals surface area contributed by atoms with Crippen LogP contribution in [0.15, 0.2) is 91.1 Å². The Kier molecular flexibility index (Phi) is 6.27. The van der Waals surface area contributed by atoms with Crippen LogP contribution < -0.4 is 14.5 Å². The van der Waals surface area contributed by atoms with Crippen molar-refractivity contribution in [1.29, 1.82) is 0 Å². The van der Waals surface area contributed by atoms with Crippen LogP contribution in [0.1, 0.15) is 36.3 Å². The van der Waals surface area contributed by atoms with Gasteiger partial charge in [0.25, 0.3) is 0 Å². The molecule has 2 heterocycles. The van der Waals surface area contributed by atoms with E-state index in [1.807, 2.05) is 0 Å². The van der Waals surface area contributed by atoms with Crippen molar-refractivity contribution in [2.24, 2.45) is 35.5 Å². The molecule has 10 unspecified atom stereocenters. The third-order valence-corrected chi connectivity index (χ3v) is 14.3. The summed E-state index contributed by atoms with van der Waals surface area (Å²) in [6, 6.07) is 17.3. The van der Waals surface area contributed by atoms with Crippen molar-refractivity contribution in [2.45, 2.75) is 37.3 Å². The van der Waals surface area contributed by atoms with E-state index >= 15 is 0 Å². The minimum absolute atomic E-state index is 0.538. The number of ether oxygens (including phenoxy) is 1. The Morgan fingerprint density at radius 2 is 1.45 bits per heavy atom. The average molecular weight is 579 g/mol. The lowest BCUT2D eigenvalue weighted by Gasteiger charge is -2.42. The highest BCUT2D eigenvalue weighted by Crippen LogP contribution is 2.62. The molecule has 0 bridgehead atoms. The van der Waals surface area contributed by atoms with Crippen molar-refractivity contribution in [2.75, 3.05) is 48.1 Å². The van der Waals surface area contributed by atoms with Gasteiger partial charge in [-0.15, -0.1) is 0 Å². The number of hydrogen-bond donors (Lipinski definition) is 0. The first-order valence-corrected chi connectivity index (χ1v) is 18.8. The minimum atomic E-state index is -0.856. The second-order valence-electron chi connectivity index (χ2n) is 14.4. The first-order chi connectivity index (χ1) is 20.4. The molecule has 0 N–H and O–H groups in total. The summed E-state index contributed by atoms with van der Waals surface area (Å²) in [4.78, 5) is 5.47. The Bertz CT molecular complexity index is 1500. The molecule has 10 atom stereocenters. The van der Waals surface area contributed by atoms with Crippen LogP contribution in [0.25, 0.3) is 0 Å². The van der Waals surface area contributed by atoms with Gasteiger partial charge in [-0.2, -0.15) is 0 Å². The van der Waals surface area contributed by atoms with E-state index in [9.17, 15) is 0 Å². The molecule has 2 aromatic rings. The molecular weight excluding hydrogens is 532 g/mol. The first-order valence-electron chi connectivity index (χ1n) is 16.0. The molecule has 6 aliphatic rings. The van der Waals surface area contributed by atoms with Crippen molar-refractivity contribution in [3.63, 3.8) is 0 Å². The number of likely N-dealkylation sites (N-methyl/N-ethyl adjacent to an activating group) is 1. The molecule has 4 aliphatic carbocycles. The second-order valence-corrected chi connectivity index (χ2v) is 18.6. The summed E-state index contributed by atoms with van der Waals surface area (Å²) in [6.07, 6.45) is 25.8. The maximum Gasteiger partial charge on any atom is 0.119 e. The summed E-state index contributed by atoms with van der Waals surface area (Å²) in [6.45, 7) is 2.51. The zero-order valence-corrected chi connectivity index (χ0v) is 26.6. The molecule has 220 valence electrons. The smallest absolute Gasteiger partial charge is 0.119 e. The van der Waals surface area contributed by atoms with Gasteiger partial charge in [-0.05, 0) is 83.7 Å². The van der Waals surface area contributed by atoms with E-state index in [4.69, 9.17) is 4.74 Å². The van der Waals surface area contributed by atoms with Crippen LogP contribution in [0.4, 0.5) is 11.4 Å². The van der Waals surface area contributed by atoms with Gasteiger partial charge >= 0.3 is 0 Å². The lowest BCUT2D eigenvalue weighted by Crippen LogP contribution is -2.40. The Morgan fingerprint density at radius 1 is 0.762 bits per heavy atom. The molecular formula is C38H46N2OS. The van der Waals surface area contributed by atoms with E-state index in [2.05, 4.69) is 127 Å². The molecule has 0 spiro atoms. The van der Waals surface area contributed by atoms with E-state index in [0.717, 1.165) is 5.75 Å². The SMILES string of the molecule is COc1ccc2c(c1)C1C(CCS(C)(C)CN3c4ccccc4C4C(C)C5C=CC=CC5C43)C3C=CC=CC3C1N2C. The zero-order valence-electron chi connectivity index (χ0n) is 25.8. The average Bonchev–Trinajstić information content (AvgIpc) is 3.69. The maximum absolute atomic E-state index is 5.72. The first kappa shape index (κ1) is 26.8. The van der Waals surface area contributed by atoms with Crippen LogP contribution in [0, 0.1) is 35.5 Å². The van der Waals surface area contributed by atoms with Crippen LogP contribution in [0.3, 0.4) is 0 Å². The standard InChI is InChI=1S/C38H46N2OS/c1-24-26-12-6-8-14-29(26)38-35(24)31-16-10-11-17-34(31)40(38)23-42(4,5)21-20-28-27-13-7-9-15-30(27)37-36(28)32-22-25(41-3)18-19-33(32)39(37)2/h6-19,22,24,26-30,35-38H,20-21,23H2,1-5H3. The highest BCUT2D eigenvalue weighted by Gasteiger charge is 2.56. The van der Waals surface area contributed by atoms with Crippen LogP contribution in [0.2, 0.25) is 0 Å². The summed E-state index contributed by atoms with van der Waals surface area (Å²) in [7, 11) is 3.27.